The van der Waals surface area contributed by atoms with E-state index in [1.807, 2.05) is 11.4 Å². The van der Waals surface area contributed by atoms with Gasteiger partial charge in [-0.05, 0) is 45.1 Å². The smallest absolute Gasteiger partial charge is 0.234 e. The molecule has 2 heterocycles. The highest BCUT2D eigenvalue weighted by atomic mass is 79.9. The lowest BCUT2D eigenvalue weighted by Gasteiger charge is -2.30. The average molecular weight is 368 g/mol. The minimum Gasteiger partial charge on any atom is -0.296 e. The third kappa shape index (κ3) is 2.78. The first-order valence-corrected chi connectivity index (χ1v) is 8.05. The van der Waals surface area contributed by atoms with Gasteiger partial charge < -0.3 is 0 Å². The third-order valence-electron chi connectivity index (χ3n) is 3.54. The zero-order chi connectivity index (χ0) is 15.0. The highest BCUT2D eigenvalue weighted by Crippen LogP contribution is 2.43. The molecule has 2 atom stereocenters. The lowest BCUT2D eigenvalue weighted by molar-refractivity contribution is -0.135. The Labute approximate surface area is 133 Å². The van der Waals surface area contributed by atoms with Crippen molar-refractivity contribution in [1.29, 1.82) is 0 Å². The summed E-state index contributed by atoms with van der Waals surface area (Å²) in [6.07, 6.45) is 0.214. The molecule has 0 radical (unpaired) electrons. The van der Waals surface area contributed by atoms with Crippen LogP contribution in [0.3, 0.4) is 0 Å². The molecule has 2 amide bonds. The van der Waals surface area contributed by atoms with E-state index in [1.165, 1.54) is 23.5 Å². The number of imide groups is 1. The number of nitrogens with one attached hydrogen (secondary N) is 1. The third-order valence-corrected chi connectivity index (χ3v) is 5.54. The van der Waals surface area contributed by atoms with Crippen LogP contribution in [-0.2, 0) is 9.59 Å². The average Bonchev–Trinajstić information content (AvgIpc) is 2.84. The van der Waals surface area contributed by atoms with Gasteiger partial charge in [-0.1, -0.05) is 12.1 Å². The second kappa shape index (κ2) is 5.69. The standard InChI is InChI=1S/C15H11BrFNO2S/c16-11-4-5-21-14(11)10-7-12(19)18-15(20)13(10)8-2-1-3-9(17)6-8/h1-6,10,13H,7H2,(H,18,19,20). The molecule has 0 saturated carbocycles. The number of thiophene rings is 1. The molecule has 6 heteroatoms. The maximum Gasteiger partial charge on any atom is 0.234 e. The Morgan fingerprint density at radius 2 is 2.10 bits per heavy atom. The van der Waals surface area contributed by atoms with Crippen molar-refractivity contribution in [2.75, 3.05) is 0 Å². The molecule has 3 nitrogen and oxygen atoms in total. The van der Waals surface area contributed by atoms with Crippen molar-refractivity contribution in [2.45, 2.75) is 18.3 Å². The van der Waals surface area contributed by atoms with Crippen molar-refractivity contribution in [3.05, 3.63) is 56.4 Å². The van der Waals surface area contributed by atoms with Crippen molar-refractivity contribution in [1.82, 2.24) is 5.32 Å². The van der Waals surface area contributed by atoms with Crippen LogP contribution in [0.5, 0.6) is 0 Å². The summed E-state index contributed by atoms with van der Waals surface area (Å²) in [5, 5.41) is 4.25. The number of halogens is 2. The summed E-state index contributed by atoms with van der Waals surface area (Å²) in [7, 11) is 0. The molecule has 0 spiro atoms. The first-order chi connectivity index (χ1) is 10.1. The minimum atomic E-state index is -0.562. The van der Waals surface area contributed by atoms with E-state index in [0.717, 1.165) is 9.35 Å². The van der Waals surface area contributed by atoms with E-state index in [4.69, 9.17) is 0 Å². The first kappa shape index (κ1) is 14.4. The maximum atomic E-state index is 13.5. The normalized spacial score (nSPS) is 22.2. The molecule has 1 fully saturated rings. The van der Waals surface area contributed by atoms with Crippen LogP contribution in [0.15, 0.2) is 40.2 Å². The van der Waals surface area contributed by atoms with E-state index in [1.54, 1.807) is 12.1 Å². The number of carbonyl (C=O) groups is 2. The van der Waals surface area contributed by atoms with Gasteiger partial charge in [0.1, 0.15) is 5.82 Å². The Kier molecular flexibility index (Phi) is 3.91. The van der Waals surface area contributed by atoms with Crippen molar-refractivity contribution in [2.24, 2.45) is 0 Å². The Morgan fingerprint density at radius 1 is 1.29 bits per heavy atom. The quantitative estimate of drug-likeness (QED) is 0.824. The van der Waals surface area contributed by atoms with Crippen LogP contribution in [0.1, 0.15) is 28.7 Å². The number of amides is 2. The highest BCUT2D eigenvalue weighted by Gasteiger charge is 2.39. The van der Waals surface area contributed by atoms with Gasteiger partial charge in [0.15, 0.2) is 0 Å². The fourth-order valence-corrected chi connectivity index (χ4v) is 4.47. The molecule has 3 rings (SSSR count). The second-order valence-corrected chi connectivity index (χ2v) is 6.69. The van der Waals surface area contributed by atoms with E-state index in [-0.39, 0.29) is 30.0 Å². The molecule has 1 aliphatic rings. The monoisotopic (exact) mass is 367 g/mol. The van der Waals surface area contributed by atoms with Gasteiger partial charge in [-0.15, -0.1) is 11.3 Å². The minimum absolute atomic E-state index is 0.214. The molecule has 1 N–H and O–H groups in total. The van der Waals surface area contributed by atoms with Gasteiger partial charge in [-0.25, -0.2) is 4.39 Å². The molecule has 2 aromatic rings. The Bertz CT molecular complexity index is 715. The molecular formula is C15H11BrFNO2S. The van der Waals surface area contributed by atoms with Crippen LogP contribution < -0.4 is 5.32 Å². The summed E-state index contributed by atoms with van der Waals surface area (Å²) < 4.78 is 14.3. The number of rotatable bonds is 2. The molecule has 0 aliphatic carbocycles. The molecule has 1 aromatic heterocycles. The van der Waals surface area contributed by atoms with E-state index in [9.17, 15) is 14.0 Å². The number of carbonyl (C=O) groups excluding carboxylic acids is 2. The summed E-state index contributed by atoms with van der Waals surface area (Å²) in [6.45, 7) is 0. The SMILES string of the molecule is O=C1CC(c2sccc2Br)C(c2cccc(F)c2)C(=O)N1. The Hall–Kier alpha value is -1.53. The lowest BCUT2D eigenvalue weighted by Crippen LogP contribution is -2.43. The predicted molar refractivity (Wildman–Crippen MR) is 81.7 cm³/mol. The van der Waals surface area contributed by atoms with E-state index >= 15 is 0 Å². The number of piperidine rings is 1. The largest absolute Gasteiger partial charge is 0.296 e. The molecule has 108 valence electrons. The summed E-state index contributed by atoms with van der Waals surface area (Å²) in [5.41, 5.74) is 0.588. The van der Waals surface area contributed by atoms with E-state index in [2.05, 4.69) is 21.2 Å². The van der Waals surface area contributed by atoms with Crippen LogP contribution in [-0.4, -0.2) is 11.8 Å². The van der Waals surface area contributed by atoms with Crippen molar-refractivity contribution >= 4 is 39.1 Å². The summed E-state index contributed by atoms with van der Waals surface area (Å²) in [6, 6.07) is 7.88. The second-order valence-electron chi connectivity index (χ2n) is 4.89. The van der Waals surface area contributed by atoms with E-state index < -0.39 is 5.92 Å². The van der Waals surface area contributed by atoms with Crippen molar-refractivity contribution in [3.8, 4) is 0 Å². The van der Waals surface area contributed by atoms with Gasteiger partial charge in [0.2, 0.25) is 11.8 Å². The topological polar surface area (TPSA) is 46.2 Å². The lowest BCUT2D eigenvalue weighted by atomic mass is 9.79. The predicted octanol–water partition coefficient (Wildman–Crippen LogP) is 3.56. The van der Waals surface area contributed by atoms with Crippen LogP contribution in [0, 0.1) is 5.82 Å². The fourth-order valence-electron chi connectivity index (χ4n) is 2.66. The van der Waals surface area contributed by atoms with Gasteiger partial charge >= 0.3 is 0 Å². The molecule has 2 unspecified atom stereocenters. The van der Waals surface area contributed by atoms with Crippen LogP contribution in [0.2, 0.25) is 0 Å². The maximum absolute atomic E-state index is 13.5. The summed E-state index contributed by atoms with van der Waals surface area (Å²) in [4.78, 5) is 24.9. The molecule has 0 bridgehead atoms. The van der Waals surface area contributed by atoms with Crippen molar-refractivity contribution < 1.29 is 14.0 Å². The zero-order valence-electron chi connectivity index (χ0n) is 10.8. The molecular weight excluding hydrogens is 357 g/mol. The molecule has 1 aromatic carbocycles. The van der Waals surface area contributed by atoms with Gasteiger partial charge in [-0.2, -0.15) is 0 Å². The van der Waals surface area contributed by atoms with Gasteiger partial charge in [0.05, 0.1) is 5.92 Å². The van der Waals surface area contributed by atoms with Gasteiger partial charge in [-0.3, -0.25) is 14.9 Å². The Balaban J connectivity index is 2.07. The van der Waals surface area contributed by atoms with E-state index in [0.29, 0.717) is 5.56 Å². The molecule has 21 heavy (non-hydrogen) atoms. The summed E-state index contributed by atoms with van der Waals surface area (Å²) in [5.74, 6) is -1.89. The molecule has 1 aliphatic heterocycles. The first-order valence-electron chi connectivity index (χ1n) is 6.38. The van der Waals surface area contributed by atoms with Gasteiger partial charge in [0.25, 0.3) is 0 Å². The number of hydrogen-bond donors (Lipinski definition) is 1. The highest BCUT2D eigenvalue weighted by molar-refractivity contribution is 9.10. The van der Waals surface area contributed by atoms with Crippen LogP contribution in [0.25, 0.3) is 0 Å². The van der Waals surface area contributed by atoms with Crippen LogP contribution >= 0.6 is 27.3 Å². The number of benzene rings is 1. The zero-order valence-corrected chi connectivity index (χ0v) is 13.2. The summed E-state index contributed by atoms with van der Waals surface area (Å²) >= 11 is 4.94. The van der Waals surface area contributed by atoms with Crippen LogP contribution in [0.4, 0.5) is 4.39 Å². The number of hydrogen-bond acceptors (Lipinski definition) is 3. The Morgan fingerprint density at radius 3 is 2.76 bits per heavy atom. The van der Waals surface area contributed by atoms with Crippen molar-refractivity contribution in [3.63, 3.8) is 0 Å². The van der Waals surface area contributed by atoms with Gasteiger partial charge in [0, 0.05) is 21.7 Å². The molecule has 1 saturated heterocycles. The fraction of sp³-hybridized carbons (Fsp3) is 0.200.